The van der Waals surface area contributed by atoms with Crippen LogP contribution in [0.25, 0.3) is 5.57 Å². The Morgan fingerprint density at radius 3 is 3.04 bits per heavy atom. The van der Waals surface area contributed by atoms with E-state index in [-0.39, 0.29) is 5.91 Å². The molecule has 4 rings (SSSR count). The number of rotatable bonds is 4. The molecule has 0 bridgehead atoms. The zero-order chi connectivity index (χ0) is 15.8. The Hall–Kier alpha value is -1.48. The number of allylic oxidation sites excluding steroid dienone is 1. The summed E-state index contributed by atoms with van der Waals surface area (Å²) in [5.41, 5.74) is 3.13. The summed E-state index contributed by atoms with van der Waals surface area (Å²) in [4.78, 5) is 16.8. The van der Waals surface area contributed by atoms with Gasteiger partial charge in [-0.05, 0) is 6.42 Å². The first-order valence-corrected chi connectivity index (χ1v) is 11.3. The van der Waals surface area contributed by atoms with Crippen LogP contribution in [-0.2, 0) is 0 Å². The number of aromatic nitrogens is 3. The summed E-state index contributed by atoms with van der Waals surface area (Å²) in [6, 6.07) is 0.490. The molecule has 2 radical (unpaired) electrons. The number of carbonyl (C=O) groups excluding carboxylic acids is 1. The van der Waals surface area contributed by atoms with Crippen LogP contribution < -0.4 is 5.32 Å². The molecular formula is C15H15N5OSSn. The number of nitrogens with zero attached hydrogens (tertiary/aromatic N) is 4. The van der Waals surface area contributed by atoms with Gasteiger partial charge in [-0.25, -0.2) is 0 Å². The van der Waals surface area contributed by atoms with Crippen molar-refractivity contribution in [2.24, 2.45) is 3.21 Å². The molecule has 6 nitrogen and oxygen atoms in total. The molecule has 1 aliphatic carbocycles. The second kappa shape index (κ2) is 6.20. The molecule has 1 saturated carbocycles. The zero-order valence-corrected chi connectivity index (χ0v) is 16.3. The molecule has 1 N–H and O–H groups in total. The van der Waals surface area contributed by atoms with E-state index >= 15 is 0 Å². The Morgan fingerprint density at radius 1 is 1.48 bits per heavy atom. The van der Waals surface area contributed by atoms with E-state index in [9.17, 15) is 4.79 Å². The maximum absolute atomic E-state index is 12.4. The number of aryl methyl sites for hydroxylation is 1. The number of thiazole rings is 1. The van der Waals surface area contributed by atoms with Crippen LogP contribution in [0, 0.1) is 6.92 Å². The van der Waals surface area contributed by atoms with Crippen molar-refractivity contribution < 1.29 is 4.79 Å². The fourth-order valence-corrected chi connectivity index (χ4v) is 5.41. The molecule has 0 atom stereocenters. The predicted octanol–water partition coefficient (Wildman–Crippen LogP) is 2.67. The van der Waals surface area contributed by atoms with Gasteiger partial charge in [0.05, 0.1) is 0 Å². The van der Waals surface area contributed by atoms with Gasteiger partial charge >= 0.3 is 142 Å². The van der Waals surface area contributed by atoms with E-state index in [1.165, 1.54) is 30.6 Å². The molecule has 2 aromatic rings. The number of nitrogens with one attached hydrogen (secondary N) is 1. The van der Waals surface area contributed by atoms with Crippen molar-refractivity contribution in [2.45, 2.75) is 32.2 Å². The molecule has 0 unspecified atom stereocenters. The van der Waals surface area contributed by atoms with Gasteiger partial charge in [-0.15, -0.1) is 0 Å². The van der Waals surface area contributed by atoms with E-state index in [4.69, 9.17) is 0 Å². The van der Waals surface area contributed by atoms with Crippen molar-refractivity contribution in [1.29, 1.82) is 0 Å². The van der Waals surface area contributed by atoms with Gasteiger partial charge in [0.15, 0.2) is 0 Å². The molecule has 23 heavy (non-hydrogen) atoms. The Balaban J connectivity index is 1.49. The van der Waals surface area contributed by atoms with Crippen molar-refractivity contribution >= 4 is 56.1 Å². The number of carbonyl (C=O) groups is 1. The molecule has 1 amide bonds. The summed E-state index contributed by atoms with van der Waals surface area (Å²) in [5.74, 6) is -0.181. The standard InChI is InChI=1S/C15H15N5OS.Sn/c1-9(6-16)15-18-13(8-22-15)14(21)17-12-7-20(19-10(12)2)11-4-3-5-11;/h1,6-8,11H,3-5H2,2H3,(H,17,21);/q-1;+1. The van der Waals surface area contributed by atoms with Crippen LogP contribution in [0.4, 0.5) is 5.69 Å². The fraction of sp³-hybridized carbons (Fsp3) is 0.333. The SMILES string of the molecule is Cc1nn(C2CCC2)cc1NC(=O)c1csc(C2=[CH][Sn][N]=C2)n1. The van der Waals surface area contributed by atoms with Crippen molar-refractivity contribution in [3.8, 4) is 0 Å². The Morgan fingerprint density at radius 2 is 2.35 bits per heavy atom. The molecule has 2 aliphatic rings. The van der Waals surface area contributed by atoms with Crippen molar-refractivity contribution in [1.82, 2.24) is 14.8 Å². The van der Waals surface area contributed by atoms with Gasteiger partial charge < -0.3 is 0 Å². The number of hydrogen-bond acceptors (Lipinski definition) is 5. The van der Waals surface area contributed by atoms with Crippen LogP contribution in [-0.4, -0.2) is 48.3 Å². The molecule has 0 saturated heterocycles. The van der Waals surface area contributed by atoms with E-state index in [1.54, 1.807) is 5.38 Å². The van der Waals surface area contributed by atoms with E-state index in [0.717, 1.165) is 22.0 Å². The van der Waals surface area contributed by atoms with Crippen LogP contribution in [0.5, 0.6) is 0 Å². The fourth-order valence-electron chi connectivity index (χ4n) is 2.51. The van der Waals surface area contributed by atoms with Crippen molar-refractivity contribution in [3.05, 3.63) is 32.1 Å². The summed E-state index contributed by atoms with van der Waals surface area (Å²) in [7, 11) is 0. The van der Waals surface area contributed by atoms with Crippen LogP contribution >= 0.6 is 11.3 Å². The molecule has 116 valence electrons. The van der Waals surface area contributed by atoms with E-state index in [1.807, 2.05) is 24.0 Å². The van der Waals surface area contributed by atoms with Crippen LogP contribution in [0.1, 0.15) is 46.5 Å². The van der Waals surface area contributed by atoms with Crippen molar-refractivity contribution in [3.63, 3.8) is 0 Å². The van der Waals surface area contributed by atoms with Gasteiger partial charge in [-0.3, -0.25) is 0 Å². The van der Waals surface area contributed by atoms with E-state index in [0.29, 0.717) is 11.7 Å². The van der Waals surface area contributed by atoms with Crippen LogP contribution in [0.15, 0.2) is 18.9 Å². The summed E-state index contributed by atoms with van der Waals surface area (Å²) in [5, 5.41) is 10.1. The third-order valence-corrected chi connectivity index (χ3v) is 7.04. The zero-order valence-electron chi connectivity index (χ0n) is 12.6. The average molecular weight is 432 g/mol. The van der Waals surface area contributed by atoms with Gasteiger partial charge in [0.1, 0.15) is 0 Å². The maximum atomic E-state index is 12.4. The average Bonchev–Trinajstić information content (AvgIpc) is 3.18. The first kappa shape index (κ1) is 15.1. The minimum absolute atomic E-state index is 0.181. The topological polar surface area (TPSA) is 72.2 Å². The summed E-state index contributed by atoms with van der Waals surface area (Å²) >= 11 is 0.782. The Kier molecular flexibility index (Phi) is 4.06. The molecule has 1 fully saturated rings. The third kappa shape index (κ3) is 2.99. The summed E-state index contributed by atoms with van der Waals surface area (Å²) in [6.07, 6.45) is 7.41. The first-order chi connectivity index (χ1) is 11.2. The second-order valence-corrected chi connectivity index (χ2v) is 8.83. The van der Waals surface area contributed by atoms with Crippen LogP contribution in [0.3, 0.4) is 0 Å². The van der Waals surface area contributed by atoms with Gasteiger partial charge in [0.2, 0.25) is 0 Å². The molecule has 2 aromatic heterocycles. The first-order valence-electron chi connectivity index (χ1n) is 7.52. The molecule has 0 spiro atoms. The minimum atomic E-state index is -0.706. The predicted molar refractivity (Wildman–Crippen MR) is 92.1 cm³/mol. The summed E-state index contributed by atoms with van der Waals surface area (Å²) < 4.78 is 8.47. The Labute approximate surface area is 148 Å². The number of amides is 1. The summed E-state index contributed by atoms with van der Waals surface area (Å²) in [6.45, 7) is 1.92. The molecule has 8 heteroatoms. The molecule has 0 aromatic carbocycles. The number of anilines is 1. The van der Waals surface area contributed by atoms with Gasteiger partial charge in [0, 0.05) is 0 Å². The van der Waals surface area contributed by atoms with Crippen molar-refractivity contribution in [2.75, 3.05) is 5.32 Å². The van der Waals surface area contributed by atoms with Crippen LogP contribution in [0.2, 0.25) is 0 Å². The Bertz CT molecular complexity index is 818. The third-order valence-electron chi connectivity index (χ3n) is 4.10. The molecular weight excluding hydrogens is 417 g/mol. The number of hydrogen-bond donors (Lipinski definition) is 1. The van der Waals surface area contributed by atoms with E-state index < -0.39 is 21.4 Å². The quantitative estimate of drug-likeness (QED) is 0.756. The van der Waals surface area contributed by atoms with Gasteiger partial charge in [-0.1, -0.05) is 0 Å². The monoisotopic (exact) mass is 433 g/mol. The normalized spacial score (nSPS) is 17.2. The molecule has 3 heterocycles. The second-order valence-electron chi connectivity index (χ2n) is 5.67. The van der Waals surface area contributed by atoms with Gasteiger partial charge in [-0.2, -0.15) is 0 Å². The van der Waals surface area contributed by atoms with Gasteiger partial charge in [0.25, 0.3) is 0 Å². The molecule has 1 aliphatic heterocycles. The van der Waals surface area contributed by atoms with E-state index in [2.05, 4.69) is 22.7 Å².